The van der Waals surface area contributed by atoms with Gasteiger partial charge in [-0.15, -0.1) is 0 Å². The van der Waals surface area contributed by atoms with Crippen LogP contribution in [0.4, 0.5) is 5.82 Å². The van der Waals surface area contributed by atoms with Gasteiger partial charge in [0.1, 0.15) is 17.4 Å². The normalized spacial score (nSPS) is 14.3. The highest BCUT2D eigenvalue weighted by atomic mass is 35.5. The topological polar surface area (TPSA) is 61.0 Å². The van der Waals surface area contributed by atoms with E-state index in [0.29, 0.717) is 39.0 Å². The van der Waals surface area contributed by atoms with Crippen LogP contribution in [-0.4, -0.2) is 9.97 Å². The van der Waals surface area contributed by atoms with E-state index in [9.17, 15) is 0 Å². The first-order chi connectivity index (χ1) is 9.54. The molecular weight excluding hydrogens is 297 g/mol. The number of anilines is 1. The Morgan fingerprint density at radius 3 is 2.65 bits per heavy atom. The Morgan fingerprint density at radius 2 is 2.00 bits per heavy atom. The van der Waals surface area contributed by atoms with Crippen molar-refractivity contribution >= 4 is 29.0 Å². The van der Waals surface area contributed by atoms with E-state index in [2.05, 4.69) is 9.97 Å². The summed E-state index contributed by atoms with van der Waals surface area (Å²) in [6.45, 7) is 1.82. The molecule has 3 rings (SSSR count). The molecule has 1 aromatic heterocycles. The molecule has 4 nitrogen and oxygen atoms in total. The van der Waals surface area contributed by atoms with E-state index in [1.54, 1.807) is 18.2 Å². The van der Waals surface area contributed by atoms with Gasteiger partial charge in [0.05, 0.1) is 10.6 Å². The van der Waals surface area contributed by atoms with E-state index in [0.717, 1.165) is 18.7 Å². The molecule has 0 radical (unpaired) electrons. The van der Waals surface area contributed by atoms with Gasteiger partial charge >= 0.3 is 0 Å². The summed E-state index contributed by atoms with van der Waals surface area (Å²) in [5, 5.41) is 0.988. The van der Waals surface area contributed by atoms with Crippen molar-refractivity contribution in [3.05, 3.63) is 39.6 Å². The number of nitrogen functional groups attached to an aromatic ring is 1. The molecule has 6 heteroatoms. The predicted molar refractivity (Wildman–Crippen MR) is 79.7 cm³/mol. The lowest BCUT2D eigenvalue weighted by Crippen LogP contribution is -2.04. The second-order valence-electron chi connectivity index (χ2n) is 4.85. The number of hydrogen-bond acceptors (Lipinski definition) is 4. The molecular formula is C14H13Cl2N3O. The molecule has 1 heterocycles. The zero-order chi connectivity index (χ0) is 14.3. The van der Waals surface area contributed by atoms with Gasteiger partial charge in [0, 0.05) is 10.9 Å². The quantitative estimate of drug-likeness (QED) is 0.916. The molecule has 0 saturated heterocycles. The summed E-state index contributed by atoms with van der Waals surface area (Å²) in [6, 6.07) is 5.05. The van der Waals surface area contributed by atoms with Crippen molar-refractivity contribution in [1.29, 1.82) is 0 Å². The maximum atomic E-state index is 6.10. The molecule has 1 fully saturated rings. The summed E-state index contributed by atoms with van der Waals surface area (Å²) in [5.74, 6) is 2.54. The highest BCUT2D eigenvalue weighted by molar-refractivity contribution is 6.35. The maximum absolute atomic E-state index is 6.10. The van der Waals surface area contributed by atoms with Crippen LogP contribution in [0.15, 0.2) is 18.2 Å². The molecule has 1 saturated carbocycles. The Kier molecular flexibility index (Phi) is 3.44. The Hall–Kier alpha value is -1.52. The Bertz CT molecular complexity index is 672. The number of nitrogens with two attached hydrogens (primary N) is 1. The van der Waals surface area contributed by atoms with Crippen LogP contribution in [0.3, 0.4) is 0 Å². The third-order valence-corrected chi connectivity index (χ3v) is 3.73. The van der Waals surface area contributed by atoms with Crippen molar-refractivity contribution in [2.24, 2.45) is 0 Å². The van der Waals surface area contributed by atoms with Gasteiger partial charge in [-0.3, -0.25) is 0 Å². The van der Waals surface area contributed by atoms with E-state index in [-0.39, 0.29) is 0 Å². The van der Waals surface area contributed by atoms with Gasteiger partial charge in [0.2, 0.25) is 5.88 Å². The van der Waals surface area contributed by atoms with Gasteiger partial charge in [-0.2, -0.15) is 4.98 Å². The standard InChI is InChI=1S/C14H13Cl2N3O/c1-7-12(17)18-13(8-2-3-8)19-14(7)20-11-5-4-9(15)6-10(11)16/h4-6,8H,2-3H2,1H3,(H2,17,18,19). The zero-order valence-electron chi connectivity index (χ0n) is 10.9. The Labute approximate surface area is 126 Å². The van der Waals surface area contributed by atoms with Crippen LogP contribution in [0.2, 0.25) is 10.0 Å². The largest absolute Gasteiger partial charge is 0.437 e. The summed E-state index contributed by atoms with van der Waals surface area (Å²) in [6.07, 6.45) is 2.20. The third-order valence-electron chi connectivity index (χ3n) is 3.20. The van der Waals surface area contributed by atoms with Crippen LogP contribution in [0.5, 0.6) is 11.6 Å². The highest BCUT2D eigenvalue weighted by Crippen LogP contribution is 2.40. The fraction of sp³-hybridized carbons (Fsp3) is 0.286. The van der Waals surface area contributed by atoms with Crippen LogP contribution in [0.25, 0.3) is 0 Å². The third kappa shape index (κ3) is 2.67. The molecule has 1 aliphatic carbocycles. The molecule has 0 aliphatic heterocycles. The van der Waals surface area contributed by atoms with Gasteiger partial charge in [0.15, 0.2) is 0 Å². The van der Waals surface area contributed by atoms with E-state index in [1.807, 2.05) is 6.92 Å². The average molecular weight is 310 g/mol. The first-order valence-corrected chi connectivity index (χ1v) is 7.07. The number of halogens is 2. The smallest absolute Gasteiger partial charge is 0.227 e. The van der Waals surface area contributed by atoms with Crippen molar-refractivity contribution in [2.45, 2.75) is 25.7 Å². The first-order valence-electron chi connectivity index (χ1n) is 6.31. The van der Waals surface area contributed by atoms with E-state index in [4.69, 9.17) is 33.7 Å². The minimum Gasteiger partial charge on any atom is -0.437 e. The number of nitrogens with zero attached hydrogens (tertiary/aromatic N) is 2. The van der Waals surface area contributed by atoms with Crippen molar-refractivity contribution in [2.75, 3.05) is 5.73 Å². The van der Waals surface area contributed by atoms with E-state index in [1.165, 1.54) is 0 Å². The van der Waals surface area contributed by atoms with E-state index < -0.39 is 0 Å². The molecule has 2 aromatic rings. The SMILES string of the molecule is Cc1c(N)nc(C2CC2)nc1Oc1ccc(Cl)cc1Cl. The first kappa shape index (κ1) is 13.5. The van der Waals surface area contributed by atoms with Crippen molar-refractivity contribution in [3.8, 4) is 11.6 Å². The minimum absolute atomic E-state index is 0.404. The molecule has 1 aromatic carbocycles. The predicted octanol–water partition coefficient (Wildman–Crippen LogP) is 4.34. The second kappa shape index (κ2) is 5.11. The van der Waals surface area contributed by atoms with E-state index >= 15 is 0 Å². The lowest BCUT2D eigenvalue weighted by molar-refractivity contribution is 0.455. The number of hydrogen-bond donors (Lipinski definition) is 1. The fourth-order valence-corrected chi connectivity index (χ4v) is 2.26. The maximum Gasteiger partial charge on any atom is 0.227 e. The van der Waals surface area contributed by atoms with Crippen LogP contribution in [-0.2, 0) is 0 Å². The molecule has 0 bridgehead atoms. The molecule has 20 heavy (non-hydrogen) atoms. The summed E-state index contributed by atoms with van der Waals surface area (Å²) in [5.41, 5.74) is 6.63. The van der Waals surface area contributed by atoms with Gasteiger partial charge < -0.3 is 10.5 Å². The second-order valence-corrected chi connectivity index (χ2v) is 5.69. The van der Waals surface area contributed by atoms with Crippen LogP contribution in [0, 0.1) is 6.92 Å². The Morgan fingerprint density at radius 1 is 1.25 bits per heavy atom. The lowest BCUT2D eigenvalue weighted by Gasteiger charge is -2.12. The van der Waals surface area contributed by atoms with Gasteiger partial charge in [-0.05, 0) is 38.0 Å². The van der Waals surface area contributed by atoms with Crippen LogP contribution in [0.1, 0.15) is 30.1 Å². The minimum atomic E-state index is 0.404. The van der Waals surface area contributed by atoms with Gasteiger partial charge in [-0.25, -0.2) is 4.98 Å². The number of ether oxygens (including phenoxy) is 1. The van der Waals surface area contributed by atoms with Crippen molar-refractivity contribution in [3.63, 3.8) is 0 Å². The summed E-state index contributed by atoms with van der Waals surface area (Å²) in [4.78, 5) is 8.76. The number of benzene rings is 1. The molecule has 1 aliphatic rings. The zero-order valence-corrected chi connectivity index (χ0v) is 12.4. The molecule has 0 amide bonds. The van der Waals surface area contributed by atoms with Gasteiger partial charge in [-0.1, -0.05) is 23.2 Å². The molecule has 0 unspecified atom stereocenters. The molecule has 104 valence electrons. The fourth-order valence-electron chi connectivity index (χ4n) is 1.82. The van der Waals surface area contributed by atoms with Crippen LogP contribution < -0.4 is 10.5 Å². The van der Waals surface area contributed by atoms with Crippen molar-refractivity contribution in [1.82, 2.24) is 9.97 Å². The highest BCUT2D eigenvalue weighted by Gasteiger charge is 2.28. The monoisotopic (exact) mass is 309 g/mol. The number of aromatic nitrogens is 2. The molecule has 0 atom stereocenters. The summed E-state index contributed by atoms with van der Waals surface area (Å²) in [7, 11) is 0. The Balaban J connectivity index is 1.97. The molecule has 2 N–H and O–H groups in total. The van der Waals surface area contributed by atoms with Crippen molar-refractivity contribution < 1.29 is 4.74 Å². The average Bonchev–Trinajstić information content (AvgIpc) is 3.22. The molecule has 0 spiro atoms. The number of rotatable bonds is 3. The summed E-state index contributed by atoms with van der Waals surface area (Å²) >= 11 is 12.0. The van der Waals surface area contributed by atoms with Gasteiger partial charge in [0.25, 0.3) is 0 Å². The lowest BCUT2D eigenvalue weighted by atomic mass is 10.3. The van der Waals surface area contributed by atoms with Crippen LogP contribution >= 0.6 is 23.2 Å². The summed E-state index contributed by atoms with van der Waals surface area (Å²) < 4.78 is 5.77.